The van der Waals surface area contributed by atoms with Crippen molar-refractivity contribution in [2.75, 3.05) is 0 Å². The van der Waals surface area contributed by atoms with Crippen molar-refractivity contribution in [1.82, 2.24) is 0 Å². The molecule has 0 spiro atoms. The topological polar surface area (TPSA) is 128 Å². The maximum Gasteiger partial charge on any atom is 0.295 e. The van der Waals surface area contributed by atoms with Gasteiger partial charge in [0.05, 0.1) is 5.22 Å². The van der Waals surface area contributed by atoms with Crippen molar-refractivity contribution < 1.29 is 13.0 Å². The highest BCUT2D eigenvalue weighted by Gasteiger charge is 2.20. The van der Waals surface area contributed by atoms with Crippen molar-refractivity contribution >= 4 is 15.8 Å². The smallest absolute Gasteiger partial charge is 0.282 e. The van der Waals surface area contributed by atoms with Crippen molar-refractivity contribution in [2.24, 2.45) is 15.6 Å². The molecule has 0 bridgehead atoms. The second kappa shape index (κ2) is 6.14. The summed E-state index contributed by atoms with van der Waals surface area (Å²) < 4.78 is 32.4. The molecule has 21 heavy (non-hydrogen) atoms. The van der Waals surface area contributed by atoms with E-state index in [2.05, 4.69) is 20.5 Å². The van der Waals surface area contributed by atoms with E-state index in [0.29, 0.717) is 5.56 Å². The van der Waals surface area contributed by atoms with Crippen LogP contribution in [0.25, 0.3) is 21.6 Å². The molecule has 9 heteroatoms. The van der Waals surface area contributed by atoms with E-state index >= 15 is 0 Å². The third-order valence-corrected chi connectivity index (χ3v) is 3.47. The normalized spacial score (nSPS) is 11.3. The van der Waals surface area contributed by atoms with Gasteiger partial charge in [-0.15, -0.1) is 5.53 Å². The number of hydrogen-bond acceptors (Lipinski definition) is 3. The van der Waals surface area contributed by atoms with E-state index in [1.165, 1.54) is 18.2 Å². The molecule has 0 aromatic heterocycles. The highest BCUT2D eigenvalue weighted by molar-refractivity contribution is 7.86. The van der Waals surface area contributed by atoms with E-state index in [1.54, 1.807) is 30.3 Å². The Hall–Kier alpha value is -2.74. The molecule has 2 aromatic rings. The summed E-state index contributed by atoms with van der Waals surface area (Å²) >= 11 is 0. The maximum atomic E-state index is 11.5. The van der Waals surface area contributed by atoms with E-state index < -0.39 is 10.1 Å². The summed E-state index contributed by atoms with van der Waals surface area (Å²) in [6.45, 7) is 0. The van der Waals surface area contributed by atoms with Crippen molar-refractivity contribution in [3.8, 4) is 11.1 Å². The SMILES string of the molecule is [N-]=[N+]=NN=Nc1cccc(S(=O)(=O)O)c1-c1ccccc1. The minimum atomic E-state index is -4.44. The van der Waals surface area contributed by atoms with Gasteiger partial charge in [0.25, 0.3) is 10.1 Å². The average Bonchev–Trinajstić information content (AvgIpc) is 2.47. The van der Waals surface area contributed by atoms with Crippen LogP contribution >= 0.6 is 0 Å². The largest absolute Gasteiger partial charge is 0.295 e. The molecule has 0 saturated carbocycles. The molecule has 0 unspecified atom stereocenters. The van der Waals surface area contributed by atoms with Crippen LogP contribution in [-0.2, 0) is 10.1 Å². The van der Waals surface area contributed by atoms with Gasteiger partial charge < -0.3 is 0 Å². The van der Waals surface area contributed by atoms with Gasteiger partial charge in [0.15, 0.2) is 0 Å². The summed E-state index contributed by atoms with van der Waals surface area (Å²) in [7, 11) is -4.44. The molecular formula is C12H9N5O3S. The van der Waals surface area contributed by atoms with Gasteiger partial charge in [0.1, 0.15) is 15.8 Å². The molecule has 0 fully saturated rings. The van der Waals surface area contributed by atoms with Crippen LogP contribution in [0, 0.1) is 0 Å². The van der Waals surface area contributed by atoms with Crippen LogP contribution in [-0.4, -0.2) is 13.0 Å². The molecule has 0 atom stereocenters. The van der Waals surface area contributed by atoms with Crippen molar-refractivity contribution in [3.05, 3.63) is 59.0 Å². The first kappa shape index (κ1) is 14.7. The Morgan fingerprint density at radius 2 is 1.76 bits per heavy atom. The fourth-order valence-electron chi connectivity index (χ4n) is 1.80. The van der Waals surface area contributed by atoms with E-state index in [4.69, 9.17) is 5.53 Å². The van der Waals surface area contributed by atoms with Gasteiger partial charge in [-0.3, -0.25) is 4.55 Å². The molecule has 0 heterocycles. The zero-order chi connectivity index (χ0) is 15.3. The van der Waals surface area contributed by atoms with E-state index in [1.807, 2.05) is 0 Å². The number of hydrogen-bond donors (Lipinski definition) is 1. The molecule has 0 saturated heterocycles. The minimum absolute atomic E-state index is 0.156. The molecular weight excluding hydrogens is 294 g/mol. The molecule has 0 aliphatic heterocycles. The van der Waals surface area contributed by atoms with Gasteiger partial charge in [-0.2, -0.15) is 13.3 Å². The minimum Gasteiger partial charge on any atom is -0.282 e. The standard InChI is InChI=1S/C12H9N5O3S/c13-15-17-16-14-10-7-4-8-11(21(18,19)20)12(10)9-5-2-1-3-6-9/h1-8H,(H,18,19,20). The molecule has 0 aliphatic rings. The van der Waals surface area contributed by atoms with E-state index in [9.17, 15) is 13.0 Å². The lowest BCUT2D eigenvalue weighted by molar-refractivity contribution is 0.483. The maximum absolute atomic E-state index is 11.5. The van der Waals surface area contributed by atoms with Crippen LogP contribution in [0.2, 0.25) is 0 Å². The summed E-state index contributed by atoms with van der Waals surface area (Å²) in [5.41, 5.74) is 9.05. The molecule has 0 aliphatic carbocycles. The Morgan fingerprint density at radius 1 is 1.05 bits per heavy atom. The summed E-state index contributed by atoms with van der Waals surface area (Å²) in [5.74, 6) is 0. The predicted molar refractivity (Wildman–Crippen MR) is 75.4 cm³/mol. The summed E-state index contributed by atoms with van der Waals surface area (Å²) in [5, 5.41) is 9.82. The lowest BCUT2D eigenvalue weighted by Crippen LogP contribution is -2.00. The molecule has 8 nitrogen and oxygen atoms in total. The highest BCUT2D eigenvalue weighted by atomic mass is 32.2. The zero-order valence-electron chi connectivity index (χ0n) is 10.5. The number of benzene rings is 2. The van der Waals surface area contributed by atoms with Gasteiger partial charge in [-0.1, -0.05) is 36.4 Å². The summed E-state index contributed by atoms with van der Waals surface area (Å²) in [6.07, 6.45) is 0. The fourth-order valence-corrected chi connectivity index (χ4v) is 2.53. The third-order valence-electron chi connectivity index (χ3n) is 2.58. The van der Waals surface area contributed by atoms with E-state index in [0.717, 1.165) is 0 Å². The first-order chi connectivity index (χ1) is 10.0. The highest BCUT2D eigenvalue weighted by Crippen LogP contribution is 2.36. The Balaban J connectivity index is 2.76. The Labute approximate surface area is 120 Å². The molecule has 0 radical (unpaired) electrons. The number of rotatable bonds is 4. The van der Waals surface area contributed by atoms with Crippen LogP contribution in [0.1, 0.15) is 0 Å². The molecule has 106 valence electrons. The van der Waals surface area contributed by atoms with Crippen LogP contribution in [0.15, 0.2) is 69.0 Å². The van der Waals surface area contributed by atoms with Crippen LogP contribution in [0.3, 0.4) is 0 Å². The molecule has 0 amide bonds. The first-order valence-electron chi connectivity index (χ1n) is 5.65. The Bertz CT molecular complexity index is 827. The van der Waals surface area contributed by atoms with Gasteiger partial charge in [-0.05, 0) is 22.8 Å². The molecule has 2 rings (SSSR count). The lowest BCUT2D eigenvalue weighted by Gasteiger charge is -2.08. The van der Waals surface area contributed by atoms with Crippen molar-refractivity contribution in [2.45, 2.75) is 4.90 Å². The number of azide groups is 1. The Kier molecular flexibility index (Phi) is 4.29. The van der Waals surface area contributed by atoms with Crippen molar-refractivity contribution in [3.63, 3.8) is 0 Å². The fraction of sp³-hybridized carbons (Fsp3) is 0. The molecule has 2 aromatic carbocycles. The van der Waals surface area contributed by atoms with Crippen LogP contribution < -0.4 is 0 Å². The monoisotopic (exact) mass is 303 g/mol. The van der Waals surface area contributed by atoms with Gasteiger partial charge in [0, 0.05) is 5.56 Å². The van der Waals surface area contributed by atoms with Gasteiger partial charge >= 0.3 is 0 Å². The summed E-state index contributed by atoms with van der Waals surface area (Å²) in [6, 6.07) is 12.7. The van der Waals surface area contributed by atoms with Crippen LogP contribution in [0.5, 0.6) is 0 Å². The van der Waals surface area contributed by atoms with E-state index in [-0.39, 0.29) is 16.1 Å². The third kappa shape index (κ3) is 3.42. The lowest BCUT2D eigenvalue weighted by atomic mass is 10.0. The van der Waals surface area contributed by atoms with Gasteiger partial charge in [0.2, 0.25) is 0 Å². The summed E-state index contributed by atoms with van der Waals surface area (Å²) in [4.78, 5) is 2.12. The Morgan fingerprint density at radius 3 is 2.38 bits per heavy atom. The second-order valence-corrected chi connectivity index (χ2v) is 5.25. The predicted octanol–water partition coefficient (Wildman–Crippen LogP) is 3.91. The van der Waals surface area contributed by atoms with Crippen LogP contribution in [0.4, 0.5) is 5.69 Å². The zero-order valence-corrected chi connectivity index (χ0v) is 11.3. The van der Waals surface area contributed by atoms with Gasteiger partial charge in [-0.25, -0.2) is 0 Å². The second-order valence-electron chi connectivity index (χ2n) is 3.86. The quantitative estimate of drug-likeness (QED) is 0.302. The first-order valence-corrected chi connectivity index (χ1v) is 7.09. The van der Waals surface area contributed by atoms with Crippen molar-refractivity contribution in [1.29, 1.82) is 0 Å². The number of nitrogens with zero attached hydrogens (tertiary/aromatic N) is 5. The molecule has 1 N–H and O–H groups in total. The average molecular weight is 303 g/mol.